The molecule has 2 saturated carbocycles. The van der Waals surface area contributed by atoms with Crippen LogP contribution >= 0.6 is 22.9 Å². The molecule has 3 heterocycles. The highest BCUT2D eigenvalue weighted by Gasteiger charge is 2.55. The Morgan fingerprint density at radius 2 is 1.91 bits per heavy atom. The normalized spacial score (nSPS) is 27.0. The second-order valence-corrected chi connectivity index (χ2v) is 15.6. The number of ether oxygens (including phenoxy) is 3. The van der Waals surface area contributed by atoms with Gasteiger partial charge in [-0.2, -0.15) is 0 Å². The zero-order valence-electron chi connectivity index (χ0n) is 27.0. The molecular formula is C36H42ClN3O6S. The Labute approximate surface area is 284 Å². The first-order valence-electron chi connectivity index (χ1n) is 16.7. The molecule has 5 atom stereocenters. The van der Waals surface area contributed by atoms with Crippen LogP contribution < -0.4 is 14.8 Å². The van der Waals surface area contributed by atoms with Crippen LogP contribution in [0.1, 0.15) is 81.3 Å². The highest BCUT2D eigenvalue weighted by atomic mass is 35.5. The van der Waals surface area contributed by atoms with Gasteiger partial charge in [0, 0.05) is 34.5 Å². The number of hydrogen-bond donors (Lipinski definition) is 2. The number of halogens is 1. The Kier molecular flexibility index (Phi) is 8.64. The molecule has 1 aromatic heterocycles. The lowest BCUT2D eigenvalue weighted by Gasteiger charge is -2.50. The molecule has 11 heteroatoms. The van der Waals surface area contributed by atoms with Crippen molar-refractivity contribution in [3.05, 3.63) is 69.7 Å². The molecule has 250 valence electrons. The summed E-state index contributed by atoms with van der Waals surface area (Å²) in [5.41, 5.74) is 0.528. The number of benzene rings is 2. The number of amides is 1. The fraction of sp³-hybridized carbons (Fsp3) is 0.528. The summed E-state index contributed by atoms with van der Waals surface area (Å²) in [5, 5.41) is 14.3. The monoisotopic (exact) mass is 679 g/mol. The minimum Gasteiger partial charge on any atom is -0.454 e. The van der Waals surface area contributed by atoms with E-state index in [1.807, 2.05) is 48.7 Å². The maximum atomic E-state index is 13.7. The number of nitrogens with zero attached hydrogens (tertiary/aromatic N) is 2. The van der Waals surface area contributed by atoms with Crippen molar-refractivity contribution < 1.29 is 28.9 Å². The maximum absolute atomic E-state index is 13.7. The lowest BCUT2D eigenvalue weighted by molar-refractivity contribution is -0.135. The van der Waals surface area contributed by atoms with E-state index >= 15 is 0 Å². The molecule has 7 rings (SSSR count). The number of carbonyl (C=O) groups excluding carboxylic acids is 1. The Morgan fingerprint density at radius 3 is 2.66 bits per heavy atom. The largest absolute Gasteiger partial charge is 0.506 e. The molecule has 2 aromatic carbocycles. The maximum Gasteiger partial charge on any atom is 0.506 e. The van der Waals surface area contributed by atoms with Gasteiger partial charge in [-0.15, -0.1) is 0 Å². The first-order valence-corrected chi connectivity index (χ1v) is 17.9. The number of carboxylic acid groups (broad SMARTS) is 1. The first-order chi connectivity index (χ1) is 22.6. The van der Waals surface area contributed by atoms with Gasteiger partial charge >= 0.3 is 6.16 Å². The van der Waals surface area contributed by atoms with Gasteiger partial charge in [-0.1, -0.05) is 74.4 Å². The summed E-state index contributed by atoms with van der Waals surface area (Å²) in [6.45, 7) is 8.20. The number of carbonyl (C=O) groups is 2. The summed E-state index contributed by atoms with van der Waals surface area (Å²) in [4.78, 5) is 33.9. The number of fused-ring (bicyclic) bond motifs is 1. The third-order valence-corrected chi connectivity index (χ3v) is 12.3. The molecule has 47 heavy (non-hydrogen) atoms. The van der Waals surface area contributed by atoms with E-state index < -0.39 is 17.2 Å². The van der Waals surface area contributed by atoms with Crippen LogP contribution in [-0.4, -0.2) is 52.5 Å². The van der Waals surface area contributed by atoms with Gasteiger partial charge in [0.1, 0.15) is 5.60 Å². The Hall–Kier alpha value is -3.34. The second kappa shape index (κ2) is 12.6. The standard InChI is InChI=1S/C36H42ClN3O6S/c1-21(2)26-10-8-22(3)17-36(26,46-34(42)43)24-12-15-40(19-24)31(25-6-4-5-7-27(25)37)30-18-38-33(47-30)39-32(41)35(13-14-35)23-9-11-28-29(16-23)45-20-44-28/h4-7,9,11,16,18,21-22,24,26,31H,8,10,12-15,17,19-20H2,1-3H3,(H,42,43)(H,38,39,41)/t22-,24?,26+,31+,36+/m0/s1. The summed E-state index contributed by atoms with van der Waals surface area (Å²) in [7, 11) is 0. The van der Waals surface area contributed by atoms with E-state index in [4.69, 9.17) is 25.8 Å². The summed E-state index contributed by atoms with van der Waals surface area (Å²) < 4.78 is 17.0. The van der Waals surface area contributed by atoms with Crippen molar-refractivity contribution in [3.8, 4) is 11.5 Å². The second-order valence-electron chi connectivity index (χ2n) is 14.1. The summed E-state index contributed by atoms with van der Waals surface area (Å²) in [5.74, 6) is 2.18. The number of hydrogen-bond acceptors (Lipinski definition) is 8. The number of thiazole rings is 1. The van der Waals surface area contributed by atoms with Gasteiger partial charge in [0.15, 0.2) is 16.6 Å². The zero-order chi connectivity index (χ0) is 32.9. The van der Waals surface area contributed by atoms with Crippen molar-refractivity contribution >= 4 is 40.1 Å². The highest BCUT2D eigenvalue weighted by molar-refractivity contribution is 7.15. The highest BCUT2D eigenvalue weighted by Crippen LogP contribution is 2.53. The molecular weight excluding hydrogens is 638 g/mol. The average molecular weight is 680 g/mol. The summed E-state index contributed by atoms with van der Waals surface area (Å²) in [6, 6.07) is 13.4. The van der Waals surface area contributed by atoms with Gasteiger partial charge < -0.3 is 24.6 Å². The predicted molar refractivity (Wildman–Crippen MR) is 180 cm³/mol. The lowest BCUT2D eigenvalue weighted by atomic mass is 9.61. The van der Waals surface area contributed by atoms with Crippen LogP contribution in [0.15, 0.2) is 48.7 Å². The molecule has 2 N–H and O–H groups in total. The first kappa shape index (κ1) is 32.2. The van der Waals surface area contributed by atoms with Crippen LogP contribution in [0, 0.1) is 23.7 Å². The zero-order valence-corrected chi connectivity index (χ0v) is 28.6. The Bertz CT molecular complexity index is 1660. The molecule has 2 aliphatic carbocycles. The van der Waals surface area contributed by atoms with Crippen LogP contribution in [0.25, 0.3) is 0 Å². The predicted octanol–water partition coefficient (Wildman–Crippen LogP) is 8.13. The van der Waals surface area contributed by atoms with Crippen molar-refractivity contribution in [3.63, 3.8) is 0 Å². The van der Waals surface area contributed by atoms with Crippen molar-refractivity contribution in [2.75, 3.05) is 25.2 Å². The van der Waals surface area contributed by atoms with Gasteiger partial charge in [-0.05, 0) is 79.8 Å². The third kappa shape index (κ3) is 5.97. The van der Waals surface area contributed by atoms with Gasteiger partial charge in [-0.3, -0.25) is 9.69 Å². The molecule has 1 amide bonds. The minimum absolute atomic E-state index is 0.0438. The van der Waals surface area contributed by atoms with E-state index in [1.54, 1.807) is 0 Å². The van der Waals surface area contributed by atoms with Crippen LogP contribution in [0.4, 0.5) is 9.93 Å². The van der Waals surface area contributed by atoms with Crippen LogP contribution in [0.2, 0.25) is 5.02 Å². The van der Waals surface area contributed by atoms with Gasteiger partial charge in [0.2, 0.25) is 12.7 Å². The number of nitrogens with one attached hydrogen (secondary N) is 1. The quantitative estimate of drug-likeness (QED) is 0.218. The lowest BCUT2D eigenvalue weighted by Crippen LogP contribution is -2.54. The van der Waals surface area contributed by atoms with Crippen LogP contribution in [-0.2, 0) is 14.9 Å². The molecule has 1 unspecified atom stereocenters. The fourth-order valence-corrected chi connectivity index (χ4v) is 9.74. The van der Waals surface area contributed by atoms with Crippen molar-refractivity contribution in [1.29, 1.82) is 0 Å². The number of aromatic nitrogens is 1. The van der Waals surface area contributed by atoms with Crippen molar-refractivity contribution in [2.45, 2.75) is 76.4 Å². The topological polar surface area (TPSA) is 110 Å². The van der Waals surface area contributed by atoms with E-state index in [-0.39, 0.29) is 30.6 Å². The molecule has 3 aromatic rings. The van der Waals surface area contributed by atoms with Crippen molar-refractivity contribution in [2.24, 2.45) is 23.7 Å². The summed E-state index contributed by atoms with van der Waals surface area (Å²) >= 11 is 8.30. The van der Waals surface area contributed by atoms with Gasteiger partial charge in [0.25, 0.3) is 0 Å². The Morgan fingerprint density at radius 1 is 1.13 bits per heavy atom. The van der Waals surface area contributed by atoms with E-state index in [9.17, 15) is 14.7 Å². The molecule has 2 aliphatic heterocycles. The molecule has 1 saturated heterocycles. The average Bonchev–Trinajstić information content (AvgIpc) is 3.35. The smallest absolute Gasteiger partial charge is 0.454 e. The number of likely N-dealkylation sites (tertiary alicyclic amines) is 1. The summed E-state index contributed by atoms with van der Waals surface area (Å²) in [6.07, 6.45) is 5.76. The van der Waals surface area contributed by atoms with Gasteiger partial charge in [-0.25, -0.2) is 9.78 Å². The van der Waals surface area contributed by atoms with E-state index in [2.05, 4.69) is 36.0 Å². The van der Waals surface area contributed by atoms with Gasteiger partial charge in [0.05, 0.1) is 11.5 Å². The number of rotatable bonds is 9. The van der Waals surface area contributed by atoms with Crippen molar-refractivity contribution in [1.82, 2.24) is 9.88 Å². The molecule has 4 aliphatic rings. The van der Waals surface area contributed by atoms with Crippen LogP contribution in [0.3, 0.4) is 0 Å². The third-order valence-electron chi connectivity index (χ3n) is 10.9. The fourth-order valence-electron chi connectivity index (χ4n) is 8.54. The Balaban J connectivity index is 1.16. The molecule has 0 spiro atoms. The van der Waals surface area contributed by atoms with E-state index in [0.717, 1.165) is 61.1 Å². The minimum atomic E-state index is -1.19. The van der Waals surface area contributed by atoms with E-state index in [0.29, 0.717) is 40.0 Å². The molecule has 0 bridgehead atoms. The molecule has 3 fully saturated rings. The van der Waals surface area contributed by atoms with Crippen LogP contribution in [0.5, 0.6) is 11.5 Å². The molecule has 9 nitrogen and oxygen atoms in total. The molecule has 0 radical (unpaired) electrons. The number of anilines is 1. The van der Waals surface area contributed by atoms with E-state index in [1.165, 1.54) is 11.3 Å². The SMILES string of the molecule is CC(C)[C@H]1CC[C@H](C)C[C@@]1(OC(=O)O)C1CCN([C@@H](c2cnc(NC(=O)C3(c4ccc5c(c4)OCO5)CC3)s2)c2ccccc2Cl)C1.